The second kappa shape index (κ2) is 6.88. The Balaban J connectivity index is 2.13. The Bertz CT molecular complexity index is 519. The third-order valence-electron chi connectivity index (χ3n) is 3.28. The van der Waals surface area contributed by atoms with E-state index in [9.17, 15) is 5.11 Å². The SMILES string of the molecule is CCCCc1ccc(C(O)c2cccc(Br)c2)cc1. The van der Waals surface area contributed by atoms with E-state index >= 15 is 0 Å². The Kier molecular flexibility index (Phi) is 5.17. The van der Waals surface area contributed by atoms with Crippen molar-refractivity contribution in [2.75, 3.05) is 0 Å². The van der Waals surface area contributed by atoms with Crippen molar-refractivity contribution in [3.8, 4) is 0 Å². The molecule has 1 N–H and O–H groups in total. The summed E-state index contributed by atoms with van der Waals surface area (Å²) in [6, 6.07) is 16.1. The van der Waals surface area contributed by atoms with Gasteiger partial charge in [-0.3, -0.25) is 0 Å². The average molecular weight is 319 g/mol. The van der Waals surface area contributed by atoms with Gasteiger partial charge in [0.15, 0.2) is 0 Å². The molecule has 2 heteroatoms. The minimum atomic E-state index is -0.558. The number of hydrogen-bond donors (Lipinski definition) is 1. The number of benzene rings is 2. The maximum absolute atomic E-state index is 10.4. The molecule has 100 valence electrons. The van der Waals surface area contributed by atoms with Crippen molar-refractivity contribution in [2.24, 2.45) is 0 Å². The van der Waals surface area contributed by atoms with E-state index in [1.54, 1.807) is 0 Å². The summed E-state index contributed by atoms with van der Waals surface area (Å²) in [7, 11) is 0. The minimum absolute atomic E-state index is 0.558. The molecule has 0 saturated carbocycles. The van der Waals surface area contributed by atoms with Gasteiger partial charge >= 0.3 is 0 Å². The van der Waals surface area contributed by atoms with E-state index in [1.165, 1.54) is 18.4 Å². The van der Waals surface area contributed by atoms with Crippen LogP contribution in [-0.2, 0) is 6.42 Å². The first-order valence-electron chi connectivity index (χ1n) is 6.73. The molecule has 0 saturated heterocycles. The lowest BCUT2D eigenvalue weighted by molar-refractivity contribution is 0.220. The van der Waals surface area contributed by atoms with Crippen LogP contribution in [0, 0.1) is 0 Å². The first-order chi connectivity index (χ1) is 9.20. The van der Waals surface area contributed by atoms with Crippen LogP contribution in [0.4, 0.5) is 0 Å². The zero-order chi connectivity index (χ0) is 13.7. The van der Waals surface area contributed by atoms with Gasteiger partial charge in [0.1, 0.15) is 6.10 Å². The molecular formula is C17H19BrO. The third kappa shape index (κ3) is 3.92. The molecule has 0 spiro atoms. The lowest BCUT2D eigenvalue weighted by Crippen LogP contribution is -1.99. The fourth-order valence-corrected chi connectivity index (χ4v) is 2.53. The summed E-state index contributed by atoms with van der Waals surface area (Å²) in [6.07, 6.45) is 2.98. The van der Waals surface area contributed by atoms with Gasteiger partial charge in [0.25, 0.3) is 0 Å². The molecule has 0 heterocycles. The molecule has 0 aliphatic rings. The molecule has 1 atom stereocenters. The number of rotatable bonds is 5. The lowest BCUT2D eigenvalue weighted by Gasteiger charge is -2.12. The van der Waals surface area contributed by atoms with Crippen molar-refractivity contribution in [3.05, 3.63) is 69.7 Å². The summed E-state index contributed by atoms with van der Waals surface area (Å²) < 4.78 is 0.989. The van der Waals surface area contributed by atoms with Crippen LogP contribution in [0.15, 0.2) is 53.0 Å². The van der Waals surface area contributed by atoms with Crippen LogP contribution in [-0.4, -0.2) is 5.11 Å². The topological polar surface area (TPSA) is 20.2 Å². The van der Waals surface area contributed by atoms with E-state index < -0.39 is 6.10 Å². The minimum Gasteiger partial charge on any atom is -0.384 e. The summed E-state index contributed by atoms with van der Waals surface area (Å²) in [5, 5.41) is 10.4. The normalized spacial score (nSPS) is 12.4. The van der Waals surface area contributed by atoms with Gasteiger partial charge in [0, 0.05) is 4.47 Å². The fourth-order valence-electron chi connectivity index (χ4n) is 2.12. The highest BCUT2D eigenvalue weighted by molar-refractivity contribution is 9.10. The number of unbranched alkanes of at least 4 members (excludes halogenated alkanes) is 1. The predicted molar refractivity (Wildman–Crippen MR) is 83.3 cm³/mol. The predicted octanol–water partition coefficient (Wildman–Crippen LogP) is 4.87. The highest BCUT2D eigenvalue weighted by Gasteiger charge is 2.10. The smallest absolute Gasteiger partial charge is 0.104 e. The van der Waals surface area contributed by atoms with Gasteiger partial charge in [0.2, 0.25) is 0 Å². The summed E-state index contributed by atoms with van der Waals surface area (Å²) in [4.78, 5) is 0. The molecule has 2 aromatic rings. The van der Waals surface area contributed by atoms with Gasteiger partial charge in [-0.25, -0.2) is 0 Å². The molecule has 2 aromatic carbocycles. The van der Waals surface area contributed by atoms with Gasteiger partial charge in [0.05, 0.1) is 0 Å². The first kappa shape index (κ1) is 14.3. The number of aryl methyl sites for hydroxylation is 1. The van der Waals surface area contributed by atoms with Crippen LogP contribution < -0.4 is 0 Å². The lowest BCUT2D eigenvalue weighted by atomic mass is 9.99. The fraction of sp³-hybridized carbons (Fsp3) is 0.294. The Morgan fingerprint density at radius 1 is 1.05 bits per heavy atom. The molecule has 0 radical (unpaired) electrons. The second-order valence-electron chi connectivity index (χ2n) is 4.80. The molecule has 19 heavy (non-hydrogen) atoms. The first-order valence-corrected chi connectivity index (χ1v) is 7.52. The molecule has 0 bridgehead atoms. The van der Waals surface area contributed by atoms with Crippen LogP contribution >= 0.6 is 15.9 Å². The molecule has 2 rings (SSSR count). The third-order valence-corrected chi connectivity index (χ3v) is 3.77. The summed E-state index contributed by atoms with van der Waals surface area (Å²) in [5.41, 5.74) is 3.20. The summed E-state index contributed by atoms with van der Waals surface area (Å²) >= 11 is 3.43. The second-order valence-corrected chi connectivity index (χ2v) is 5.72. The van der Waals surface area contributed by atoms with Crippen LogP contribution in [0.1, 0.15) is 42.6 Å². The van der Waals surface area contributed by atoms with E-state index in [1.807, 2.05) is 36.4 Å². The van der Waals surface area contributed by atoms with Crippen molar-refractivity contribution in [1.82, 2.24) is 0 Å². The highest BCUT2D eigenvalue weighted by Crippen LogP contribution is 2.24. The summed E-state index contributed by atoms with van der Waals surface area (Å²) in [6.45, 7) is 2.20. The van der Waals surface area contributed by atoms with Gasteiger partial charge in [-0.1, -0.05) is 65.7 Å². The van der Waals surface area contributed by atoms with Gasteiger partial charge in [-0.05, 0) is 41.7 Å². The molecule has 0 amide bonds. The van der Waals surface area contributed by atoms with Crippen molar-refractivity contribution in [2.45, 2.75) is 32.3 Å². The van der Waals surface area contributed by atoms with Crippen molar-refractivity contribution >= 4 is 15.9 Å². The quantitative estimate of drug-likeness (QED) is 0.833. The Labute approximate surface area is 123 Å². The van der Waals surface area contributed by atoms with Crippen LogP contribution in [0.5, 0.6) is 0 Å². The zero-order valence-electron chi connectivity index (χ0n) is 11.1. The van der Waals surface area contributed by atoms with E-state index in [0.29, 0.717) is 0 Å². The Morgan fingerprint density at radius 2 is 1.79 bits per heavy atom. The monoisotopic (exact) mass is 318 g/mol. The molecule has 0 fully saturated rings. The maximum atomic E-state index is 10.4. The average Bonchev–Trinajstić information content (AvgIpc) is 2.45. The standard InChI is InChI=1S/C17H19BrO/c1-2-3-5-13-8-10-14(11-9-13)17(19)15-6-4-7-16(18)12-15/h4,6-12,17,19H,2-3,5H2,1H3. The van der Waals surface area contributed by atoms with E-state index in [-0.39, 0.29) is 0 Å². The van der Waals surface area contributed by atoms with E-state index in [2.05, 4.69) is 35.0 Å². The highest BCUT2D eigenvalue weighted by atomic mass is 79.9. The van der Waals surface area contributed by atoms with E-state index in [0.717, 1.165) is 22.0 Å². The Hall–Kier alpha value is -1.12. The molecule has 1 nitrogen and oxygen atoms in total. The molecule has 1 unspecified atom stereocenters. The van der Waals surface area contributed by atoms with Crippen LogP contribution in [0.3, 0.4) is 0 Å². The maximum Gasteiger partial charge on any atom is 0.104 e. The Morgan fingerprint density at radius 3 is 2.42 bits per heavy atom. The van der Waals surface area contributed by atoms with Crippen molar-refractivity contribution < 1.29 is 5.11 Å². The van der Waals surface area contributed by atoms with E-state index in [4.69, 9.17) is 0 Å². The number of halogens is 1. The largest absolute Gasteiger partial charge is 0.384 e. The van der Waals surface area contributed by atoms with Gasteiger partial charge in [-0.2, -0.15) is 0 Å². The van der Waals surface area contributed by atoms with Crippen molar-refractivity contribution in [3.63, 3.8) is 0 Å². The number of aliphatic hydroxyl groups excluding tert-OH is 1. The number of aliphatic hydroxyl groups is 1. The van der Waals surface area contributed by atoms with Crippen LogP contribution in [0.25, 0.3) is 0 Å². The molecular weight excluding hydrogens is 300 g/mol. The molecule has 0 aliphatic carbocycles. The van der Waals surface area contributed by atoms with Gasteiger partial charge in [-0.15, -0.1) is 0 Å². The van der Waals surface area contributed by atoms with Crippen LogP contribution in [0.2, 0.25) is 0 Å². The number of hydrogen-bond acceptors (Lipinski definition) is 1. The summed E-state index contributed by atoms with van der Waals surface area (Å²) in [5.74, 6) is 0. The molecule has 0 aliphatic heterocycles. The molecule has 0 aromatic heterocycles. The van der Waals surface area contributed by atoms with Gasteiger partial charge < -0.3 is 5.11 Å². The van der Waals surface area contributed by atoms with Crippen molar-refractivity contribution in [1.29, 1.82) is 0 Å². The zero-order valence-corrected chi connectivity index (χ0v) is 12.7.